The van der Waals surface area contributed by atoms with Crippen LogP contribution in [-0.2, 0) is 11.3 Å². The Morgan fingerprint density at radius 2 is 1.96 bits per heavy atom. The highest BCUT2D eigenvalue weighted by Crippen LogP contribution is 2.16. The zero-order valence-electron chi connectivity index (χ0n) is 14.8. The predicted octanol–water partition coefficient (Wildman–Crippen LogP) is 2.18. The lowest BCUT2D eigenvalue weighted by molar-refractivity contribution is -0.136. The molecule has 5 nitrogen and oxygen atoms in total. The molecule has 1 atom stereocenters. The van der Waals surface area contributed by atoms with Gasteiger partial charge in [0.05, 0.1) is 13.7 Å². The minimum absolute atomic E-state index is 0. The van der Waals surface area contributed by atoms with Crippen LogP contribution < -0.4 is 10.1 Å². The fourth-order valence-electron chi connectivity index (χ4n) is 3.48. The first-order valence-corrected chi connectivity index (χ1v) is 8.58. The van der Waals surface area contributed by atoms with Crippen molar-refractivity contribution in [2.75, 3.05) is 46.4 Å². The molecule has 2 heterocycles. The Labute approximate surface area is 162 Å². The lowest BCUT2D eigenvalue weighted by atomic mass is 9.99. The molecule has 0 bridgehead atoms. The number of piperazine rings is 1. The van der Waals surface area contributed by atoms with Crippen LogP contribution in [0.5, 0.6) is 5.75 Å². The van der Waals surface area contributed by atoms with Crippen LogP contribution in [0.25, 0.3) is 0 Å². The summed E-state index contributed by atoms with van der Waals surface area (Å²) >= 11 is 0. The van der Waals surface area contributed by atoms with Crippen LogP contribution in [0.3, 0.4) is 0 Å². The number of nitrogens with one attached hydrogen (secondary N) is 1. The van der Waals surface area contributed by atoms with E-state index in [0.717, 1.165) is 44.0 Å². The average molecular weight is 390 g/mol. The molecule has 1 unspecified atom stereocenters. The zero-order valence-corrected chi connectivity index (χ0v) is 16.4. The lowest BCUT2D eigenvalue weighted by Crippen LogP contribution is -2.51. The van der Waals surface area contributed by atoms with Gasteiger partial charge in [-0.05, 0) is 49.5 Å². The Bertz CT molecular complexity index is 522. The predicted molar refractivity (Wildman–Crippen MR) is 105 cm³/mol. The summed E-state index contributed by atoms with van der Waals surface area (Å²) in [5.41, 5.74) is 1.16. The fraction of sp³-hybridized carbons (Fsp3) is 0.611. The van der Waals surface area contributed by atoms with Crippen molar-refractivity contribution in [1.82, 2.24) is 15.1 Å². The number of hydrogen-bond acceptors (Lipinski definition) is 4. The molecule has 1 aromatic carbocycles. The molecule has 25 heavy (non-hydrogen) atoms. The molecule has 2 aliphatic rings. The molecule has 0 spiro atoms. The van der Waals surface area contributed by atoms with Gasteiger partial charge in [0.15, 0.2) is 0 Å². The van der Waals surface area contributed by atoms with Gasteiger partial charge in [0.2, 0.25) is 5.91 Å². The van der Waals surface area contributed by atoms with E-state index in [1.54, 1.807) is 7.11 Å². The van der Waals surface area contributed by atoms with Crippen LogP contribution >= 0.6 is 24.8 Å². The number of carbonyl (C=O) groups is 1. The maximum absolute atomic E-state index is 12.4. The number of ether oxygens (including phenoxy) is 1. The molecule has 0 aliphatic carbocycles. The molecule has 7 heteroatoms. The minimum Gasteiger partial charge on any atom is -0.497 e. The fourth-order valence-corrected chi connectivity index (χ4v) is 3.48. The summed E-state index contributed by atoms with van der Waals surface area (Å²) in [7, 11) is 1.67. The van der Waals surface area contributed by atoms with E-state index in [-0.39, 0.29) is 30.7 Å². The third kappa shape index (κ3) is 6.33. The van der Waals surface area contributed by atoms with Gasteiger partial charge >= 0.3 is 0 Å². The number of carbonyl (C=O) groups excluding carboxylic acids is 1. The Morgan fingerprint density at radius 1 is 1.20 bits per heavy atom. The lowest BCUT2D eigenvalue weighted by Gasteiger charge is -2.37. The van der Waals surface area contributed by atoms with Crippen molar-refractivity contribution in [3.05, 3.63) is 29.8 Å². The maximum atomic E-state index is 12.4. The molecular formula is C18H29Cl2N3O2. The number of nitrogens with zero attached hydrogens (tertiary/aromatic N) is 2. The number of piperidine rings is 1. The summed E-state index contributed by atoms with van der Waals surface area (Å²) in [6, 6.07) is 7.97. The highest BCUT2D eigenvalue weighted by Gasteiger charge is 2.26. The standard InChI is InChI=1S/C18H27N3O2.2ClH/c1-23-17-6-4-15(5-7-17)13-21-10-9-20(14-18(21)22)12-16-3-2-8-19-11-16;;/h4-7,16,19H,2-3,8-14H2,1H3;2*1H. The summed E-state index contributed by atoms with van der Waals surface area (Å²) in [6.45, 7) is 6.36. The molecule has 3 rings (SSSR count). The van der Waals surface area contributed by atoms with Crippen LogP contribution in [0, 0.1) is 5.92 Å². The van der Waals surface area contributed by atoms with Crippen LogP contribution in [-0.4, -0.2) is 62.1 Å². The van der Waals surface area contributed by atoms with Crippen molar-refractivity contribution < 1.29 is 9.53 Å². The maximum Gasteiger partial charge on any atom is 0.237 e. The average Bonchev–Trinajstić information content (AvgIpc) is 2.59. The van der Waals surface area contributed by atoms with Crippen LogP contribution in [0.15, 0.2) is 24.3 Å². The molecule has 0 aromatic heterocycles. The van der Waals surface area contributed by atoms with Gasteiger partial charge in [-0.25, -0.2) is 0 Å². The topological polar surface area (TPSA) is 44.8 Å². The van der Waals surface area contributed by atoms with Crippen molar-refractivity contribution in [2.24, 2.45) is 5.92 Å². The summed E-state index contributed by atoms with van der Waals surface area (Å²) in [4.78, 5) is 16.7. The van der Waals surface area contributed by atoms with Gasteiger partial charge in [0.1, 0.15) is 5.75 Å². The highest BCUT2D eigenvalue weighted by atomic mass is 35.5. The minimum atomic E-state index is 0. The molecule has 0 radical (unpaired) electrons. The second-order valence-corrected chi connectivity index (χ2v) is 6.61. The quantitative estimate of drug-likeness (QED) is 0.837. The SMILES string of the molecule is COc1ccc(CN2CCN(CC3CCCNC3)CC2=O)cc1.Cl.Cl. The summed E-state index contributed by atoms with van der Waals surface area (Å²) in [5, 5.41) is 3.45. The normalized spacial score (nSPS) is 21.2. The first-order chi connectivity index (χ1) is 11.2. The van der Waals surface area contributed by atoms with Crippen molar-refractivity contribution in [3.8, 4) is 5.75 Å². The molecular weight excluding hydrogens is 361 g/mol. The van der Waals surface area contributed by atoms with Gasteiger partial charge in [-0.3, -0.25) is 9.69 Å². The van der Waals surface area contributed by atoms with Gasteiger partial charge < -0.3 is 15.0 Å². The third-order valence-corrected chi connectivity index (χ3v) is 4.85. The third-order valence-electron chi connectivity index (χ3n) is 4.85. The smallest absolute Gasteiger partial charge is 0.237 e. The Kier molecular flexibility index (Phi) is 9.57. The Balaban J connectivity index is 0.00000156. The highest BCUT2D eigenvalue weighted by molar-refractivity contribution is 5.85. The van der Waals surface area contributed by atoms with Gasteiger partial charge in [-0.2, -0.15) is 0 Å². The van der Waals surface area contributed by atoms with E-state index in [1.807, 2.05) is 29.2 Å². The second-order valence-electron chi connectivity index (χ2n) is 6.61. The van der Waals surface area contributed by atoms with E-state index in [4.69, 9.17) is 4.74 Å². The van der Waals surface area contributed by atoms with E-state index in [0.29, 0.717) is 19.0 Å². The van der Waals surface area contributed by atoms with E-state index >= 15 is 0 Å². The number of amides is 1. The Hall–Kier alpha value is -1.01. The van der Waals surface area contributed by atoms with Crippen LogP contribution in [0.2, 0.25) is 0 Å². The summed E-state index contributed by atoms with van der Waals surface area (Å²) < 4.78 is 5.17. The zero-order chi connectivity index (χ0) is 16.1. The van der Waals surface area contributed by atoms with Crippen LogP contribution in [0.1, 0.15) is 18.4 Å². The van der Waals surface area contributed by atoms with Crippen molar-refractivity contribution in [2.45, 2.75) is 19.4 Å². The van der Waals surface area contributed by atoms with Gasteiger partial charge in [0, 0.05) is 26.2 Å². The number of hydrogen-bond donors (Lipinski definition) is 1. The largest absolute Gasteiger partial charge is 0.497 e. The van der Waals surface area contributed by atoms with Crippen LogP contribution in [0.4, 0.5) is 0 Å². The molecule has 142 valence electrons. The Morgan fingerprint density at radius 3 is 2.56 bits per heavy atom. The number of halogens is 2. The van der Waals surface area contributed by atoms with Crippen molar-refractivity contribution in [3.63, 3.8) is 0 Å². The second kappa shape index (κ2) is 10.9. The van der Waals surface area contributed by atoms with Crippen molar-refractivity contribution in [1.29, 1.82) is 0 Å². The van der Waals surface area contributed by atoms with E-state index in [2.05, 4.69) is 10.2 Å². The molecule has 1 amide bonds. The van der Waals surface area contributed by atoms with E-state index in [1.165, 1.54) is 12.8 Å². The van der Waals surface area contributed by atoms with Gasteiger partial charge in [-0.15, -0.1) is 24.8 Å². The molecule has 2 saturated heterocycles. The van der Waals surface area contributed by atoms with Gasteiger partial charge in [-0.1, -0.05) is 12.1 Å². The molecule has 2 aliphatic heterocycles. The molecule has 1 aromatic rings. The summed E-state index contributed by atoms with van der Waals surface area (Å²) in [6.07, 6.45) is 2.54. The molecule has 0 saturated carbocycles. The van der Waals surface area contributed by atoms with Crippen molar-refractivity contribution >= 4 is 30.7 Å². The number of benzene rings is 1. The number of rotatable bonds is 5. The first kappa shape index (κ1) is 22.0. The summed E-state index contributed by atoms with van der Waals surface area (Å²) in [5.74, 6) is 1.80. The van der Waals surface area contributed by atoms with E-state index in [9.17, 15) is 4.79 Å². The first-order valence-electron chi connectivity index (χ1n) is 8.58. The molecule has 2 fully saturated rings. The monoisotopic (exact) mass is 389 g/mol. The van der Waals surface area contributed by atoms with E-state index < -0.39 is 0 Å². The van der Waals surface area contributed by atoms with Gasteiger partial charge in [0.25, 0.3) is 0 Å². The number of methoxy groups -OCH3 is 1. The molecule has 1 N–H and O–H groups in total.